The highest BCUT2D eigenvalue weighted by Crippen LogP contribution is 2.54. The third-order valence-electron chi connectivity index (χ3n) is 6.67. The van der Waals surface area contributed by atoms with Crippen LogP contribution in [0.25, 0.3) is 0 Å². The Morgan fingerprint density at radius 3 is 2.26 bits per heavy atom. The number of carbonyl (C=O) groups excluding carboxylic acids is 2. The van der Waals surface area contributed by atoms with Crippen molar-refractivity contribution >= 4 is 23.6 Å². The zero-order chi connectivity index (χ0) is 27.4. The van der Waals surface area contributed by atoms with E-state index in [1.807, 2.05) is 31.2 Å². The second-order valence-electron chi connectivity index (χ2n) is 8.96. The van der Waals surface area contributed by atoms with Crippen LogP contribution in [0.15, 0.2) is 65.6 Å². The molecule has 200 valence electrons. The lowest BCUT2D eigenvalue weighted by Gasteiger charge is -2.36. The van der Waals surface area contributed by atoms with E-state index in [0.29, 0.717) is 22.8 Å². The van der Waals surface area contributed by atoms with Crippen molar-refractivity contribution in [2.45, 2.75) is 35.6 Å². The Bertz CT molecular complexity index is 1330. The number of ether oxygens (including phenoxy) is 4. The fourth-order valence-electron chi connectivity index (χ4n) is 4.75. The monoisotopic (exact) mass is 539 g/mol. The lowest BCUT2D eigenvalue weighted by molar-refractivity contribution is -0.144. The molecule has 3 aromatic carbocycles. The maximum absolute atomic E-state index is 15.5. The van der Waals surface area contributed by atoms with Crippen LogP contribution in [0.1, 0.15) is 29.2 Å². The molecule has 1 aliphatic rings. The van der Waals surface area contributed by atoms with Crippen LogP contribution >= 0.6 is 11.8 Å². The quantitative estimate of drug-likeness (QED) is 0.340. The van der Waals surface area contributed by atoms with Gasteiger partial charge >= 0.3 is 5.97 Å². The summed E-state index contributed by atoms with van der Waals surface area (Å²) in [5, 5.41) is 0. The fraction of sp³-hybridized carbons (Fsp3) is 0.310. The molecule has 0 saturated carbocycles. The number of benzene rings is 3. The van der Waals surface area contributed by atoms with Crippen molar-refractivity contribution in [2.75, 3.05) is 28.4 Å². The van der Waals surface area contributed by atoms with Crippen molar-refractivity contribution in [1.82, 2.24) is 4.90 Å². The molecular formula is C29H30FNO6S. The smallest absolute Gasteiger partial charge is 0.325 e. The van der Waals surface area contributed by atoms with Crippen molar-refractivity contribution in [3.05, 3.63) is 83.2 Å². The van der Waals surface area contributed by atoms with Crippen molar-refractivity contribution in [3.63, 3.8) is 0 Å². The van der Waals surface area contributed by atoms with E-state index in [1.54, 1.807) is 25.3 Å². The van der Waals surface area contributed by atoms with Gasteiger partial charge in [0.25, 0.3) is 0 Å². The number of thioether (sulfide) groups is 1. The minimum Gasteiger partial charge on any atom is -0.497 e. The van der Waals surface area contributed by atoms with Gasteiger partial charge < -0.3 is 23.8 Å². The van der Waals surface area contributed by atoms with Crippen molar-refractivity contribution in [2.24, 2.45) is 0 Å². The number of nitrogens with zero attached hydrogens (tertiary/aromatic N) is 1. The van der Waals surface area contributed by atoms with Gasteiger partial charge in [-0.2, -0.15) is 0 Å². The summed E-state index contributed by atoms with van der Waals surface area (Å²) in [5.41, 5.74) is 1.89. The van der Waals surface area contributed by atoms with Crippen LogP contribution in [-0.2, 0) is 20.9 Å². The molecule has 1 aliphatic heterocycles. The Balaban J connectivity index is 1.90. The molecule has 38 heavy (non-hydrogen) atoms. The van der Waals surface area contributed by atoms with Gasteiger partial charge in [-0.05, 0) is 49.4 Å². The van der Waals surface area contributed by atoms with E-state index in [-0.39, 0.29) is 24.4 Å². The number of rotatable bonds is 9. The Morgan fingerprint density at radius 1 is 0.974 bits per heavy atom. The minimum absolute atomic E-state index is 0.0700. The van der Waals surface area contributed by atoms with Crippen LogP contribution in [0, 0.1) is 12.7 Å². The van der Waals surface area contributed by atoms with Crippen LogP contribution in [-0.4, -0.2) is 50.0 Å². The molecule has 1 unspecified atom stereocenters. The second kappa shape index (κ2) is 11.3. The number of methoxy groups -OCH3 is 4. The molecule has 0 radical (unpaired) electrons. The topological polar surface area (TPSA) is 74.3 Å². The van der Waals surface area contributed by atoms with E-state index in [0.717, 1.165) is 10.5 Å². The highest BCUT2D eigenvalue weighted by molar-refractivity contribution is 8.01. The maximum Gasteiger partial charge on any atom is 0.325 e. The van der Waals surface area contributed by atoms with Gasteiger partial charge in [-0.1, -0.05) is 17.7 Å². The molecule has 1 saturated heterocycles. The van der Waals surface area contributed by atoms with Crippen LogP contribution < -0.4 is 14.2 Å². The number of aryl methyl sites for hydroxylation is 1. The normalized spacial score (nSPS) is 18.8. The number of esters is 1. The largest absolute Gasteiger partial charge is 0.497 e. The second-order valence-corrected chi connectivity index (χ2v) is 10.4. The molecule has 2 atom stereocenters. The highest BCUT2D eigenvalue weighted by Gasteiger charge is 2.59. The summed E-state index contributed by atoms with van der Waals surface area (Å²) in [6.45, 7) is 2.03. The SMILES string of the molecule is COC(=O)C1(Sc2ccc(C)cc2)CC(=O)N(Cc2ccc(OC)cc2OC)[C@@H]1c1cc(OC)ccc1F. The molecule has 0 aliphatic carbocycles. The van der Waals surface area contributed by atoms with Crippen molar-refractivity contribution in [3.8, 4) is 17.2 Å². The van der Waals surface area contributed by atoms with Gasteiger partial charge in [-0.15, -0.1) is 11.8 Å². The zero-order valence-electron chi connectivity index (χ0n) is 21.9. The molecule has 0 aromatic heterocycles. The first-order valence-corrected chi connectivity index (χ1v) is 12.8. The summed E-state index contributed by atoms with van der Waals surface area (Å²) in [4.78, 5) is 29.6. The number of carbonyl (C=O) groups is 2. The Kier molecular flexibility index (Phi) is 8.16. The molecule has 0 N–H and O–H groups in total. The summed E-state index contributed by atoms with van der Waals surface area (Å²) >= 11 is 1.20. The molecular weight excluding hydrogens is 509 g/mol. The number of likely N-dealkylation sites (tertiary alicyclic amines) is 1. The molecule has 1 amide bonds. The number of halogens is 1. The minimum atomic E-state index is -1.46. The molecule has 1 heterocycles. The van der Waals surface area contributed by atoms with E-state index >= 15 is 4.39 Å². The van der Waals surface area contributed by atoms with Gasteiger partial charge in [0.15, 0.2) is 4.75 Å². The van der Waals surface area contributed by atoms with Gasteiger partial charge in [0.1, 0.15) is 23.1 Å². The standard InChI is InChI=1S/C29H30FNO6S/c1-18-6-11-22(12-7-18)38-29(28(33)37-5)16-26(32)31(17-19-8-9-21(35-3)15-25(19)36-4)27(29)23-14-20(34-2)10-13-24(23)30/h6-15,27H,16-17H2,1-5H3/t27-,29?/m1/s1. The maximum atomic E-state index is 15.5. The average molecular weight is 540 g/mol. The number of hydrogen-bond donors (Lipinski definition) is 0. The first-order chi connectivity index (χ1) is 18.3. The molecule has 0 bridgehead atoms. The van der Waals surface area contributed by atoms with Gasteiger partial charge in [0, 0.05) is 28.6 Å². The lowest BCUT2D eigenvalue weighted by Crippen LogP contribution is -2.43. The number of hydrogen-bond acceptors (Lipinski definition) is 7. The molecule has 0 spiro atoms. The van der Waals surface area contributed by atoms with E-state index in [2.05, 4.69) is 0 Å². The van der Waals surface area contributed by atoms with Crippen molar-refractivity contribution in [1.29, 1.82) is 0 Å². The molecule has 7 nitrogen and oxygen atoms in total. The molecule has 9 heteroatoms. The Hall–Kier alpha value is -3.72. The van der Waals surface area contributed by atoms with E-state index in [1.165, 1.54) is 56.2 Å². The Labute approximate surface area is 225 Å². The summed E-state index contributed by atoms with van der Waals surface area (Å²) < 4.78 is 35.6. The summed E-state index contributed by atoms with van der Waals surface area (Å²) in [7, 11) is 5.83. The molecule has 4 rings (SSSR count). The van der Waals surface area contributed by atoms with Crippen LogP contribution in [0.5, 0.6) is 17.2 Å². The average Bonchev–Trinajstić information content (AvgIpc) is 3.21. The van der Waals surface area contributed by atoms with Crippen LogP contribution in [0.2, 0.25) is 0 Å². The number of amides is 1. The zero-order valence-corrected chi connectivity index (χ0v) is 22.8. The summed E-state index contributed by atoms with van der Waals surface area (Å²) in [5.74, 6) is 0.00101. The fourth-order valence-corrected chi connectivity index (χ4v) is 6.17. The van der Waals surface area contributed by atoms with E-state index < -0.39 is 22.6 Å². The van der Waals surface area contributed by atoms with Gasteiger partial charge in [-0.25, -0.2) is 4.39 Å². The van der Waals surface area contributed by atoms with Gasteiger partial charge in [0.2, 0.25) is 5.91 Å². The third-order valence-corrected chi connectivity index (χ3v) is 8.08. The van der Waals surface area contributed by atoms with Gasteiger partial charge in [0.05, 0.1) is 40.9 Å². The van der Waals surface area contributed by atoms with Gasteiger partial charge in [-0.3, -0.25) is 9.59 Å². The van der Waals surface area contributed by atoms with Crippen LogP contribution in [0.4, 0.5) is 4.39 Å². The van der Waals surface area contributed by atoms with E-state index in [9.17, 15) is 9.59 Å². The predicted molar refractivity (Wildman–Crippen MR) is 142 cm³/mol. The first-order valence-electron chi connectivity index (χ1n) is 11.9. The molecule has 1 fully saturated rings. The Morgan fingerprint density at radius 2 is 1.63 bits per heavy atom. The molecule has 3 aromatic rings. The van der Waals surface area contributed by atoms with Crippen LogP contribution in [0.3, 0.4) is 0 Å². The predicted octanol–water partition coefficient (Wildman–Crippen LogP) is 5.34. The highest BCUT2D eigenvalue weighted by atomic mass is 32.2. The summed E-state index contributed by atoms with van der Waals surface area (Å²) in [6.07, 6.45) is -0.183. The van der Waals surface area contributed by atoms with Crippen molar-refractivity contribution < 1.29 is 32.9 Å². The lowest BCUT2D eigenvalue weighted by atomic mass is 9.91. The third kappa shape index (κ3) is 5.15. The first kappa shape index (κ1) is 27.3. The van der Waals surface area contributed by atoms with E-state index in [4.69, 9.17) is 18.9 Å². The summed E-state index contributed by atoms with van der Waals surface area (Å²) in [6, 6.07) is 16.2.